The van der Waals surface area contributed by atoms with Gasteiger partial charge in [0.25, 0.3) is 0 Å². The molecule has 0 amide bonds. The van der Waals surface area contributed by atoms with E-state index in [0.717, 1.165) is 18.8 Å². The van der Waals surface area contributed by atoms with Gasteiger partial charge in [-0.3, -0.25) is 0 Å². The van der Waals surface area contributed by atoms with E-state index in [9.17, 15) is 5.11 Å². The van der Waals surface area contributed by atoms with Crippen molar-refractivity contribution >= 4 is 0 Å². The van der Waals surface area contributed by atoms with Crippen molar-refractivity contribution in [3.8, 4) is 0 Å². The summed E-state index contributed by atoms with van der Waals surface area (Å²) in [6.07, 6.45) is 7.21. The van der Waals surface area contributed by atoms with Gasteiger partial charge in [0.1, 0.15) is 0 Å². The molecule has 0 spiro atoms. The summed E-state index contributed by atoms with van der Waals surface area (Å²) in [7, 11) is 1.75. The average molecular weight is 214 g/mol. The molecule has 90 valence electrons. The summed E-state index contributed by atoms with van der Waals surface area (Å²) < 4.78 is 5.29. The minimum absolute atomic E-state index is 0.0873. The number of aliphatic hydroxyl groups excluding tert-OH is 1. The number of rotatable bonds is 5. The summed E-state index contributed by atoms with van der Waals surface area (Å²) in [5, 5.41) is 9.94. The lowest BCUT2D eigenvalue weighted by atomic mass is 9.75. The molecule has 0 aliphatic heterocycles. The van der Waals surface area contributed by atoms with Crippen LogP contribution in [0, 0.1) is 11.8 Å². The minimum Gasteiger partial charge on any atom is -0.393 e. The molecule has 1 N–H and O–H groups in total. The Bertz CT molecular complexity index is 170. The summed E-state index contributed by atoms with van der Waals surface area (Å²) in [4.78, 5) is 0. The lowest BCUT2D eigenvalue weighted by molar-refractivity contribution is 0.00790. The largest absolute Gasteiger partial charge is 0.393 e. The highest BCUT2D eigenvalue weighted by atomic mass is 16.5. The maximum Gasteiger partial charge on any atom is 0.0569 e. The molecule has 1 aliphatic carbocycles. The molecular weight excluding hydrogens is 188 g/mol. The van der Waals surface area contributed by atoms with Gasteiger partial charge in [-0.05, 0) is 44.4 Å². The van der Waals surface area contributed by atoms with E-state index >= 15 is 0 Å². The van der Waals surface area contributed by atoms with Crippen molar-refractivity contribution < 1.29 is 9.84 Å². The van der Waals surface area contributed by atoms with Crippen LogP contribution in [0.25, 0.3) is 0 Å². The number of aliphatic hydroxyl groups is 1. The molecule has 1 fully saturated rings. The second kappa shape index (κ2) is 6.49. The normalized spacial score (nSPS) is 34.0. The summed E-state index contributed by atoms with van der Waals surface area (Å²) >= 11 is 0. The van der Waals surface area contributed by atoms with Gasteiger partial charge in [-0.1, -0.05) is 19.8 Å². The van der Waals surface area contributed by atoms with Crippen LogP contribution in [0.15, 0.2) is 0 Å². The van der Waals surface area contributed by atoms with Crippen LogP contribution in [-0.4, -0.2) is 24.4 Å². The van der Waals surface area contributed by atoms with E-state index in [4.69, 9.17) is 4.74 Å². The molecule has 2 heteroatoms. The Balaban J connectivity index is 2.39. The summed E-state index contributed by atoms with van der Waals surface area (Å²) in [6, 6.07) is 0. The lowest BCUT2D eigenvalue weighted by Gasteiger charge is -2.34. The van der Waals surface area contributed by atoms with Gasteiger partial charge in [-0.25, -0.2) is 0 Å². The van der Waals surface area contributed by atoms with Crippen LogP contribution < -0.4 is 0 Å². The first-order valence-electron chi connectivity index (χ1n) is 6.38. The molecule has 15 heavy (non-hydrogen) atoms. The first-order chi connectivity index (χ1) is 7.17. The van der Waals surface area contributed by atoms with Crippen LogP contribution in [0.1, 0.15) is 52.4 Å². The molecule has 0 aromatic heterocycles. The van der Waals surface area contributed by atoms with E-state index in [-0.39, 0.29) is 12.2 Å². The minimum atomic E-state index is -0.0873. The van der Waals surface area contributed by atoms with Crippen LogP contribution in [0.5, 0.6) is 0 Å². The quantitative estimate of drug-likeness (QED) is 0.762. The van der Waals surface area contributed by atoms with Crippen molar-refractivity contribution in [2.75, 3.05) is 7.11 Å². The maximum absolute atomic E-state index is 9.94. The Morgan fingerprint density at radius 3 is 2.73 bits per heavy atom. The van der Waals surface area contributed by atoms with E-state index < -0.39 is 0 Å². The number of methoxy groups -OCH3 is 1. The predicted molar refractivity (Wildman–Crippen MR) is 62.8 cm³/mol. The van der Waals surface area contributed by atoms with Gasteiger partial charge in [-0.15, -0.1) is 0 Å². The second-order valence-corrected chi connectivity index (χ2v) is 5.08. The zero-order chi connectivity index (χ0) is 11.3. The van der Waals surface area contributed by atoms with Crippen LogP contribution >= 0.6 is 0 Å². The van der Waals surface area contributed by atoms with E-state index in [2.05, 4.69) is 13.8 Å². The molecule has 1 saturated carbocycles. The summed E-state index contributed by atoms with van der Waals surface area (Å²) in [5.41, 5.74) is 0. The standard InChI is InChI=1S/C13H26O2/c1-4-5-11-6-7-13(14)12(9-11)8-10(2)15-3/h10-14H,4-9H2,1-3H3. The van der Waals surface area contributed by atoms with E-state index in [1.54, 1.807) is 7.11 Å². The highest BCUT2D eigenvalue weighted by molar-refractivity contribution is 4.80. The third kappa shape index (κ3) is 4.12. The zero-order valence-corrected chi connectivity index (χ0v) is 10.4. The molecule has 1 aliphatic rings. The van der Waals surface area contributed by atoms with Crippen molar-refractivity contribution in [2.45, 2.75) is 64.6 Å². The van der Waals surface area contributed by atoms with Crippen LogP contribution in [0.2, 0.25) is 0 Å². The fourth-order valence-corrected chi connectivity index (χ4v) is 2.79. The van der Waals surface area contributed by atoms with Crippen molar-refractivity contribution in [1.82, 2.24) is 0 Å². The lowest BCUT2D eigenvalue weighted by Crippen LogP contribution is -2.31. The topological polar surface area (TPSA) is 29.5 Å². The molecule has 2 nitrogen and oxygen atoms in total. The molecule has 0 saturated heterocycles. The smallest absolute Gasteiger partial charge is 0.0569 e. The van der Waals surface area contributed by atoms with Crippen molar-refractivity contribution in [3.63, 3.8) is 0 Å². The SMILES string of the molecule is CCCC1CCC(O)C(CC(C)OC)C1. The third-order valence-electron chi connectivity index (χ3n) is 3.78. The van der Waals surface area contributed by atoms with Gasteiger partial charge in [0, 0.05) is 7.11 Å². The monoisotopic (exact) mass is 214 g/mol. The van der Waals surface area contributed by atoms with Gasteiger partial charge in [-0.2, -0.15) is 0 Å². The second-order valence-electron chi connectivity index (χ2n) is 5.08. The molecule has 0 aromatic carbocycles. The first kappa shape index (κ1) is 13.0. The van der Waals surface area contributed by atoms with Crippen molar-refractivity contribution in [1.29, 1.82) is 0 Å². The van der Waals surface area contributed by atoms with E-state index in [1.165, 1.54) is 25.7 Å². The molecule has 0 aromatic rings. The number of ether oxygens (including phenoxy) is 1. The van der Waals surface area contributed by atoms with Gasteiger partial charge in [0.2, 0.25) is 0 Å². The summed E-state index contributed by atoms with van der Waals surface area (Å²) in [6.45, 7) is 4.34. The predicted octanol–water partition coefficient (Wildman–Crippen LogP) is 2.99. The molecular formula is C13H26O2. The Hall–Kier alpha value is -0.0800. The van der Waals surface area contributed by atoms with Crippen molar-refractivity contribution in [3.05, 3.63) is 0 Å². The molecule has 4 atom stereocenters. The molecule has 0 heterocycles. The third-order valence-corrected chi connectivity index (χ3v) is 3.78. The van der Waals surface area contributed by atoms with Gasteiger partial charge < -0.3 is 9.84 Å². The summed E-state index contributed by atoms with van der Waals surface area (Å²) in [5.74, 6) is 1.30. The highest BCUT2D eigenvalue weighted by Gasteiger charge is 2.29. The Labute approximate surface area is 94.0 Å². The van der Waals surface area contributed by atoms with E-state index in [1.807, 2.05) is 0 Å². The molecule has 1 rings (SSSR count). The molecule has 4 unspecified atom stereocenters. The highest BCUT2D eigenvalue weighted by Crippen LogP contribution is 2.34. The van der Waals surface area contributed by atoms with E-state index in [0.29, 0.717) is 5.92 Å². The Kier molecular flexibility index (Phi) is 5.62. The zero-order valence-electron chi connectivity index (χ0n) is 10.4. The van der Waals surface area contributed by atoms with Crippen molar-refractivity contribution in [2.24, 2.45) is 11.8 Å². The van der Waals surface area contributed by atoms with Crippen LogP contribution in [0.3, 0.4) is 0 Å². The van der Waals surface area contributed by atoms with Gasteiger partial charge in [0.15, 0.2) is 0 Å². The van der Waals surface area contributed by atoms with Crippen LogP contribution in [-0.2, 0) is 4.74 Å². The fraction of sp³-hybridized carbons (Fsp3) is 1.00. The molecule has 0 radical (unpaired) electrons. The fourth-order valence-electron chi connectivity index (χ4n) is 2.79. The maximum atomic E-state index is 9.94. The van der Waals surface area contributed by atoms with Gasteiger partial charge >= 0.3 is 0 Å². The Morgan fingerprint density at radius 1 is 1.40 bits per heavy atom. The molecule has 0 bridgehead atoms. The Morgan fingerprint density at radius 2 is 2.13 bits per heavy atom. The number of hydrogen-bond acceptors (Lipinski definition) is 2. The van der Waals surface area contributed by atoms with Crippen LogP contribution in [0.4, 0.5) is 0 Å². The van der Waals surface area contributed by atoms with Gasteiger partial charge in [0.05, 0.1) is 12.2 Å². The first-order valence-corrected chi connectivity index (χ1v) is 6.38. The average Bonchev–Trinajstić information content (AvgIpc) is 2.23. The number of hydrogen-bond donors (Lipinski definition) is 1.